The Kier molecular flexibility index (Phi) is 5.71. The minimum absolute atomic E-state index is 0.100. The van der Waals surface area contributed by atoms with Crippen molar-refractivity contribution in [3.05, 3.63) is 0 Å². The number of amides is 1. The first-order valence-electron chi connectivity index (χ1n) is 5.98. The van der Waals surface area contributed by atoms with Crippen molar-refractivity contribution >= 4 is 17.8 Å². The third-order valence-corrected chi connectivity index (χ3v) is 3.09. The zero-order valence-electron chi connectivity index (χ0n) is 10.4. The van der Waals surface area contributed by atoms with Crippen LogP contribution in [-0.4, -0.2) is 65.8 Å². The summed E-state index contributed by atoms with van der Waals surface area (Å²) in [5, 5.41) is 18.0. The number of carbonyl (C=O) groups excluding carboxylic acids is 1. The van der Waals surface area contributed by atoms with Gasteiger partial charge in [0.15, 0.2) is 0 Å². The topological polar surface area (TPSA) is 130 Å². The van der Waals surface area contributed by atoms with E-state index in [0.717, 1.165) is 0 Å². The van der Waals surface area contributed by atoms with E-state index in [-0.39, 0.29) is 38.6 Å². The first-order valence-corrected chi connectivity index (χ1v) is 5.98. The van der Waals surface area contributed by atoms with Crippen LogP contribution in [0.25, 0.3) is 0 Å². The van der Waals surface area contributed by atoms with Gasteiger partial charge in [-0.1, -0.05) is 0 Å². The Morgan fingerprint density at radius 2 is 1.84 bits per heavy atom. The van der Waals surface area contributed by atoms with Crippen molar-refractivity contribution in [3.8, 4) is 0 Å². The molecule has 0 aromatic carbocycles. The average molecular weight is 274 g/mol. The molecule has 8 nitrogen and oxygen atoms in total. The van der Waals surface area contributed by atoms with Crippen molar-refractivity contribution in [1.29, 1.82) is 0 Å². The van der Waals surface area contributed by atoms with E-state index >= 15 is 0 Å². The molecule has 1 aliphatic heterocycles. The number of rotatable bonds is 6. The second kappa shape index (κ2) is 7.05. The molecule has 4 N–H and O–H groups in total. The molecule has 1 heterocycles. The van der Waals surface area contributed by atoms with Crippen molar-refractivity contribution < 1.29 is 29.3 Å². The van der Waals surface area contributed by atoms with E-state index in [2.05, 4.69) is 0 Å². The van der Waals surface area contributed by atoms with Gasteiger partial charge in [-0.3, -0.25) is 14.4 Å². The van der Waals surface area contributed by atoms with Crippen molar-refractivity contribution in [2.24, 2.45) is 17.6 Å². The fraction of sp³-hybridized carbons (Fsp3) is 0.727. The summed E-state index contributed by atoms with van der Waals surface area (Å²) in [7, 11) is 0. The van der Waals surface area contributed by atoms with Gasteiger partial charge in [0.1, 0.15) is 6.61 Å². The van der Waals surface area contributed by atoms with Crippen molar-refractivity contribution in [2.45, 2.75) is 6.42 Å². The number of piperidine rings is 1. The van der Waals surface area contributed by atoms with Crippen molar-refractivity contribution in [1.82, 2.24) is 4.90 Å². The van der Waals surface area contributed by atoms with Gasteiger partial charge in [-0.05, 0) is 6.42 Å². The van der Waals surface area contributed by atoms with Gasteiger partial charge in [0.05, 0.1) is 18.4 Å². The number of hydrogen-bond acceptors (Lipinski definition) is 5. The Morgan fingerprint density at radius 3 is 2.37 bits per heavy atom. The smallest absolute Gasteiger partial charge is 0.309 e. The molecule has 0 saturated carbocycles. The quantitative estimate of drug-likeness (QED) is 0.507. The molecule has 19 heavy (non-hydrogen) atoms. The van der Waals surface area contributed by atoms with E-state index in [1.54, 1.807) is 0 Å². The zero-order chi connectivity index (χ0) is 14.4. The molecular weight excluding hydrogens is 256 g/mol. The van der Waals surface area contributed by atoms with Gasteiger partial charge in [-0.25, -0.2) is 0 Å². The van der Waals surface area contributed by atoms with Gasteiger partial charge in [0, 0.05) is 19.6 Å². The molecule has 1 aliphatic rings. The minimum atomic E-state index is -1.20. The molecule has 1 fully saturated rings. The molecule has 108 valence electrons. The predicted octanol–water partition coefficient (Wildman–Crippen LogP) is -1.40. The first kappa shape index (κ1) is 15.4. The van der Waals surface area contributed by atoms with Crippen LogP contribution < -0.4 is 5.73 Å². The number of ether oxygens (including phenoxy) is 1. The largest absolute Gasteiger partial charge is 0.481 e. The lowest BCUT2D eigenvalue weighted by atomic mass is 9.85. The van der Waals surface area contributed by atoms with Gasteiger partial charge >= 0.3 is 11.9 Å². The van der Waals surface area contributed by atoms with Crippen LogP contribution in [0.3, 0.4) is 0 Å². The molecule has 0 aromatic rings. The summed E-state index contributed by atoms with van der Waals surface area (Å²) in [6.07, 6.45) is 0.134. The average Bonchev–Trinajstić information content (AvgIpc) is 2.38. The SMILES string of the molecule is NCCOCC(=O)N1CCC(C(=O)O)C(C(=O)O)C1. The van der Waals surface area contributed by atoms with E-state index in [0.29, 0.717) is 6.54 Å². The molecular formula is C11H18N2O6. The van der Waals surface area contributed by atoms with Crippen LogP contribution in [0.15, 0.2) is 0 Å². The Morgan fingerprint density at radius 1 is 1.21 bits per heavy atom. The van der Waals surface area contributed by atoms with Crippen LogP contribution in [0.5, 0.6) is 0 Å². The van der Waals surface area contributed by atoms with Crippen molar-refractivity contribution in [3.63, 3.8) is 0 Å². The number of nitrogens with two attached hydrogens (primary N) is 1. The molecule has 2 unspecified atom stereocenters. The Labute approximate surface area is 110 Å². The summed E-state index contributed by atoms with van der Waals surface area (Å²) in [6.45, 7) is 0.510. The lowest BCUT2D eigenvalue weighted by Crippen LogP contribution is -2.49. The molecule has 0 bridgehead atoms. The number of carboxylic acid groups (broad SMARTS) is 2. The summed E-state index contributed by atoms with van der Waals surface area (Å²) < 4.78 is 4.99. The van der Waals surface area contributed by atoms with Crippen LogP contribution in [0, 0.1) is 11.8 Å². The second-order valence-corrected chi connectivity index (χ2v) is 4.36. The lowest BCUT2D eigenvalue weighted by Gasteiger charge is -2.34. The van der Waals surface area contributed by atoms with Crippen LogP contribution in [0.2, 0.25) is 0 Å². The van der Waals surface area contributed by atoms with E-state index < -0.39 is 23.8 Å². The fourth-order valence-corrected chi connectivity index (χ4v) is 2.06. The molecule has 0 aromatic heterocycles. The summed E-state index contributed by atoms with van der Waals surface area (Å²) >= 11 is 0. The molecule has 2 atom stereocenters. The molecule has 1 saturated heterocycles. The van der Waals surface area contributed by atoms with Gasteiger partial charge < -0.3 is 25.6 Å². The number of aliphatic carboxylic acids is 2. The minimum Gasteiger partial charge on any atom is -0.481 e. The maximum absolute atomic E-state index is 11.7. The maximum atomic E-state index is 11.7. The number of nitrogens with zero attached hydrogens (tertiary/aromatic N) is 1. The highest BCUT2D eigenvalue weighted by atomic mass is 16.5. The predicted molar refractivity (Wildman–Crippen MR) is 63.3 cm³/mol. The van der Waals surface area contributed by atoms with E-state index in [4.69, 9.17) is 20.7 Å². The number of carbonyl (C=O) groups is 3. The van der Waals surface area contributed by atoms with Gasteiger partial charge in [0.2, 0.25) is 5.91 Å². The van der Waals surface area contributed by atoms with Gasteiger partial charge in [-0.2, -0.15) is 0 Å². The van der Waals surface area contributed by atoms with E-state index in [9.17, 15) is 14.4 Å². The third-order valence-electron chi connectivity index (χ3n) is 3.09. The summed E-state index contributed by atoms with van der Waals surface area (Å²) in [5.41, 5.74) is 5.21. The second-order valence-electron chi connectivity index (χ2n) is 4.36. The molecule has 1 rings (SSSR count). The Bertz CT molecular complexity index is 359. The van der Waals surface area contributed by atoms with Crippen LogP contribution in [-0.2, 0) is 19.1 Å². The Balaban J connectivity index is 2.58. The highest BCUT2D eigenvalue weighted by Crippen LogP contribution is 2.24. The van der Waals surface area contributed by atoms with Crippen LogP contribution in [0.1, 0.15) is 6.42 Å². The summed E-state index contributed by atoms with van der Waals surface area (Å²) in [6, 6.07) is 0. The van der Waals surface area contributed by atoms with Gasteiger partial charge in [0.25, 0.3) is 0 Å². The Hall–Kier alpha value is -1.67. The molecule has 0 spiro atoms. The van der Waals surface area contributed by atoms with Gasteiger partial charge in [-0.15, -0.1) is 0 Å². The number of hydrogen-bond donors (Lipinski definition) is 3. The molecule has 0 radical (unpaired) electrons. The summed E-state index contributed by atoms with van der Waals surface area (Å²) in [5.74, 6) is -4.72. The zero-order valence-corrected chi connectivity index (χ0v) is 10.4. The number of likely N-dealkylation sites (tertiary alicyclic amines) is 1. The normalized spacial score (nSPS) is 23.1. The molecule has 0 aliphatic carbocycles. The van der Waals surface area contributed by atoms with E-state index in [1.807, 2.05) is 0 Å². The molecule has 1 amide bonds. The third kappa shape index (κ3) is 4.18. The maximum Gasteiger partial charge on any atom is 0.309 e. The number of carboxylic acids is 2. The van der Waals surface area contributed by atoms with E-state index in [1.165, 1.54) is 4.90 Å². The van der Waals surface area contributed by atoms with Crippen LogP contribution >= 0.6 is 0 Å². The molecule has 8 heteroatoms. The lowest BCUT2D eigenvalue weighted by molar-refractivity contribution is -0.159. The fourth-order valence-electron chi connectivity index (χ4n) is 2.06. The highest BCUT2D eigenvalue weighted by Gasteiger charge is 2.39. The monoisotopic (exact) mass is 274 g/mol. The highest BCUT2D eigenvalue weighted by molar-refractivity contribution is 5.83. The standard InChI is InChI=1S/C11H18N2O6/c12-2-4-19-6-9(14)13-3-1-7(10(15)16)8(5-13)11(17)18/h7-8H,1-6,12H2,(H,15,16)(H,17,18). The van der Waals surface area contributed by atoms with Crippen LogP contribution in [0.4, 0.5) is 0 Å². The van der Waals surface area contributed by atoms with Crippen molar-refractivity contribution in [2.75, 3.05) is 32.8 Å². The first-order chi connectivity index (χ1) is 8.97. The summed E-state index contributed by atoms with van der Waals surface area (Å²) in [4.78, 5) is 35.1.